The zero-order valence-electron chi connectivity index (χ0n) is 13.2. The largest absolute Gasteiger partial charge is 0.357 e. The Morgan fingerprint density at radius 3 is 2.70 bits per heavy atom. The first-order chi connectivity index (χ1) is 10.7. The highest BCUT2D eigenvalue weighted by Crippen LogP contribution is 2.11. The molecule has 0 bridgehead atoms. The van der Waals surface area contributed by atoms with Gasteiger partial charge in [0.1, 0.15) is 10.2 Å². The van der Waals surface area contributed by atoms with E-state index in [0.29, 0.717) is 11.7 Å². The molecule has 0 aliphatic rings. The summed E-state index contributed by atoms with van der Waals surface area (Å²) >= 11 is 7.45. The number of nitrogens with one attached hydrogen (secondary N) is 2. The van der Waals surface area contributed by atoms with Crippen molar-refractivity contribution in [2.45, 2.75) is 26.8 Å². The minimum Gasteiger partial charge on any atom is -0.357 e. The van der Waals surface area contributed by atoms with Gasteiger partial charge in [0.2, 0.25) is 0 Å². The molecule has 0 fully saturated rings. The van der Waals surface area contributed by atoms with Crippen LogP contribution < -0.4 is 10.6 Å². The molecule has 0 saturated heterocycles. The van der Waals surface area contributed by atoms with E-state index >= 15 is 0 Å². The van der Waals surface area contributed by atoms with Crippen LogP contribution in [-0.4, -0.2) is 29.0 Å². The number of thiazole rings is 1. The number of aryl methyl sites for hydroxylation is 1. The maximum atomic E-state index is 5.78. The first-order valence-corrected chi connectivity index (χ1v) is 8.40. The number of hydrogen-bond donors (Lipinski definition) is 2. The summed E-state index contributed by atoms with van der Waals surface area (Å²) < 4.78 is 0. The van der Waals surface area contributed by atoms with Gasteiger partial charge in [-0.05, 0) is 31.9 Å². The Labute approximate surface area is 163 Å². The standard InChI is InChI=1S/C15H20ClN5S.HI/c1-3-17-15(21-10-14-20-8-11(2)22-14)18-7-6-12-4-5-13(16)19-9-12;/h4-5,8-9H,3,6-7,10H2,1-2H3,(H2,17,18,21);1H. The summed E-state index contributed by atoms with van der Waals surface area (Å²) in [7, 11) is 0. The van der Waals surface area contributed by atoms with Crippen molar-refractivity contribution in [2.24, 2.45) is 4.99 Å². The number of hydrogen-bond acceptors (Lipinski definition) is 4. The molecule has 0 aromatic carbocycles. The summed E-state index contributed by atoms with van der Waals surface area (Å²) in [4.78, 5) is 14.2. The van der Waals surface area contributed by atoms with Crippen LogP contribution in [0.1, 0.15) is 22.4 Å². The summed E-state index contributed by atoms with van der Waals surface area (Å²) in [6, 6.07) is 3.79. The van der Waals surface area contributed by atoms with Crippen LogP contribution in [0, 0.1) is 6.92 Å². The fraction of sp³-hybridized carbons (Fsp3) is 0.400. The van der Waals surface area contributed by atoms with Crippen LogP contribution in [0.25, 0.3) is 0 Å². The maximum absolute atomic E-state index is 5.78. The van der Waals surface area contributed by atoms with Crippen LogP contribution in [0.5, 0.6) is 0 Å². The van der Waals surface area contributed by atoms with Crippen molar-refractivity contribution in [3.63, 3.8) is 0 Å². The number of rotatable bonds is 6. The molecular weight excluding hydrogens is 445 g/mol. The van der Waals surface area contributed by atoms with Gasteiger partial charge in [-0.3, -0.25) is 0 Å². The van der Waals surface area contributed by atoms with Crippen molar-refractivity contribution in [1.82, 2.24) is 20.6 Å². The van der Waals surface area contributed by atoms with Crippen LogP contribution in [0.4, 0.5) is 0 Å². The van der Waals surface area contributed by atoms with Crippen LogP contribution in [0.3, 0.4) is 0 Å². The number of aliphatic imine (C=N–C) groups is 1. The van der Waals surface area contributed by atoms with E-state index in [1.54, 1.807) is 23.6 Å². The fourth-order valence-corrected chi connectivity index (χ4v) is 2.67. The molecule has 2 aromatic rings. The SMILES string of the molecule is CCNC(=NCc1ncc(C)s1)NCCc1ccc(Cl)nc1.I. The summed E-state index contributed by atoms with van der Waals surface area (Å²) in [6.45, 7) is 6.30. The maximum Gasteiger partial charge on any atom is 0.191 e. The molecule has 0 atom stereocenters. The molecule has 2 N–H and O–H groups in total. The van der Waals surface area contributed by atoms with Crippen molar-refractivity contribution < 1.29 is 0 Å². The van der Waals surface area contributed by atoms with Gasteiger partial charge < -0.3 is 10.6 Å². The van der Waals surface area contributed by atoms with Crippen LogP contribution in [0.2, 0.25) is 5.15 Å². The molecule has 8 heteroatoms. The highest BCUT2D eigenvalue weighted by molar-refractivity contribution is 14.0. The molecule has 0 unspecified atom stereocenters. The minimum absolute atomic E-state index is 0. The molecule has 23 heavy (non-hydrogen) atoms. The van der Waals surface area contributed by atoms with E-state index in [4.69, 9.17) is 11.6 Å². The van der Waals surface area contributed by atoms with E-state index in [1.807, 2.05) is 19.2 Å². The van der Waals surface area contributed by atoms with Crippen molar-refractivity contribution in [1.29, 1.82) is 0 Å². The summed E-state index contributed by atoms with van der Waals surface area (Å²) in [5, 5.41) is 8.09. The predicted molar refractivity (Wildman–Crippen MR) is 108 cm³/mol. The topological polar surface area (TPSA) is 62.2 Å². The number of nitrogens with zero attached hydrogens (tertiary/aromatic N) is 3. The molecule has 2 rings (SSSR count). The average Bonchev–Trinajstić information content (AvgIpc) is 2.92. The van der Waals surface area contributed by atoms with Gasteiger partial charge in [-0.25, -0.2) is 15.0 Å². The third-order valence-electron chi connectivity index (χ3n) is 2.88. The third kappa shape index (κ3) is 7.45. The molecule has 2 aromatic heterocycles. The second-order valence-corrected chi connectivity index (χ2v) is 6.43. The van der Waals surface area contributed by atoms with Gasteiger partial charge in [-0.2, -0.15) is 0 Å². The fourth-order valence-electron chi connectivity index (χ4n) is 1.84. The van der Waals surface area contributed by atoms with Gasteiger partial charge >= 0.3 is 0 Å². The van der Waals surface area contributed by atoms with E-state index in [-0.39, 0.29) is 24.0 Å². The van der Waals surface area contributed by atoms with Gasteiger partial charge in [-0.15, -0.1) is 35.3 Å². The number of aromatic nitrogens is 2. The molecule has 0 aliphatic carbocycles. The summed E-state index contributed by atoms with van der Waals surface area (Å²) in [5.74, 6) is 0.803. The first kappa shape index (κ1) is 20.1. The first-order valence-electron chi connectivity index (χ1n) is 7.21. The Kier molecular flexibility index (Phi) is 9.42. The summed E-state index contributed by atoms with van der Waals surface area (Å²) in [6.07, 6.45) is 4.54. The Morgan fingerprint density at radius 2 is 2.09 bits per heavy atom. The molecule has 0 radical (unpaired) electrons. The second-order valence-electron chi connectivity index (χ2n) is 4.73. The number of guanidine groups is 1. The van der Waals surface area contributed by atoms with Gasteiger partial charge in [-0.1, -0.05) is 17.7 Å². The molecule has 0 spiro atoms. The third-order valence-corrected chi connectivity index (χ3v) is 4.00. The lowest BCUT2D eigenvalue weighted by Crippen LogP contribution is -2.38. The lowest BCUT2D eigenvalue weighted by atomic mass is 10.2. The van der Waals surface area contributed by atoms with E-state index in [0.717, 1.165) is 36.0 Å². The lowest BCUT2D eigenvalue weighted by Gasteiger charge is -2.10. The van der Waals surface area contributed by atoms with Crippen LogP contribution in [0.15, 0.2) is 29.5 Å². The van der Waals surface area contributed by atoms with Crippen molar-refractivity contribution in [3.05, 3.63) is 45.1 Å². The van der Waals surface area contributed by atoms with Gasteiger partial charge in [0, 0.05) is 30.4 Å². The molecule has 0 saturated carbocycles. The van der Waals surface area contributed by atoms with Crippen LogP contribution >= 0.6 is 46.9 Å². The minimum atomic E-state index is 0. The van der Waals surface area contributed by atoms with Crippen LogP contribution in [-0.2, 0) is 13.0 Å². The molecule has 0 aliphatic heterocycles. The normalized spacial score (nSPS) is 11.0. The average molecular weight is 466 g/mol. The molecule has 0 amide bonds. The molecule has 2 heterocycles. The zero-order chi connectivity index (χ0) is 15.8. The predicted octanol–water partition coefficient (Wildman–Crippen LogP) is 3.42. The van der Waals surface area contributed by atoms with Crippen molar-refractivity contribution >= 4 is 52.9 Å². The number of pyridine rings is 1. The van der Waals surface area contributed by atoms with Crippen molar-refractivity contribution in [2.75, 3.05) is 13.1 Å². The molecule has 5 nitrogen and oxygen atoms in total. The zero-order valence-corrected chi connectivity index (χ0v) is 17.1. The van der Waals surface area contributed by atoms with E-state index < -0.39 is 0 Å². The van der Waals surface area contributed by atoms with Gasteiger partial charge in [0.25, 0.3) is 0 Å². The summed E-state index contributed by atoms with van der Waals surface area (Å²) in [5.41, 5.74) is 1.14. The van der Waals surface area contributed by atoms with Gasteiger partial charge in [0.15, 0.2) is 5.96 Å². The highest BCUT2D eigenvalue weighted by Gasteiger charge is 2.01. The van der Waals surface area contributed by atoms with Gasteiger partial charge in [0.05, 0.1) is 6.54 Å². The Morgan fingerprint density at radius 1 is 1.26 bits per heavy atom. The molecule has 126 valence electrons. The Hall–Kier alpha value is -0.930. The Balaban J connectivity index is 0.00000264. The van der Waals surface area contributed by atoms with E-state index in [9.17, 15) is 0 Å². The Bertz CT molecular complexity index is 615. The van der Waals surface area contributed by atoms with E-state index in [1.165, 1.54) is 4.88 Å². The lowest BCUT2D eigenvalue weighted by molar-refractivity contribution is 0.797. The second kappa shape index (κ2) is 10.8. The number of halogens is 2. The van der Waals surface area contributed by atoms with Crippen molar-refractivity contribution in [3.8, 4) is 0 Å². The quantitative estimate of drug-likeness (QED) is 0.297. The monoisotopic (exact) mass is 465 g/mol. The van der Waals surface area contributed by atoms with E-state index in [2.05, 4.69) is 32.5 Å². The smallest absolute Gasteiger partial charge is 0.191 e. The highest BCUT2D eigenvalue weighted by atomic mass is 127. The molecular formula is C15H21ClIN5S.